The number of hydrazine groups is 1. The van der Waals surface area contributed by atoms with Gasteiger partial charge in [-0.1, -0.05) is 35.9 Å². The normalized spacial score (nSPS) is 17.0. The third kappa shape index (κ3) is 5.60. The zero-order chi connectivity index (χ0) is 26.9. The number of hydrogen-bond acceptors (Lipinski definition) is 7. The minimum absolute atomic E-state index is 0.179. The lowest BCUT2D eigenvalue weighted by Gasteiger charge is -2.25. The molecule has 1 amide bonds. The van der Waals surface area contributed by atoms with Crippen molar-refractivity contribution in [1.29, 1.82) is 0 Å². The summed E-state index contributed by atoms with van der Waals surface area (Å²) in [6.45, 7) is 1.01. The number of nitrogens with zero attached hydrogens (tertiary/aromatic N) is 3. The fourth-order valence-electron chi connectivity index (χ4n) is 4.56. The van der Waals surface area contributed by atoms with Crippen molar-refractivity contribution >= 4 is 23.5 Å². The largest absolute Gasteiger partial charge is 0.416 e. The number of nitrogens with one attached hydrogen (secondary N) is 2. The molecule has 5 rings (SSSR count). The molecule has 0 spiro atoms. The van der Waals surface area contributed by atoms with Gasteiger partial charge >= 0.3 is 6.18 Å². The second kappa shape index (κ2) is 10.9. The third-order valence-corrected chi connectivity index (χ3v) is 6.87. The van der Waals surface area contributed by atoms with Crippen molar-refractivity contribution in [2.45, 2.75) is 37.6 Å². The van der Waals surface area contributed by atoms with Gasteiger partial charge in [-0.25, -0.2) is 15.4 Å². The Morgan fingerprint density at radius 2 is 1.97 bits per heavy atom. The Morgan fingerprint density at radius 1 is 1.18 bits per heavy atom. The molecule has 0 unspecified atom stereocenters. The highest BCUT2D eigenvalue weighted by molar-refractivity contribution is 6.33. The molecule has 0 saturated carbocycles. The molecule has 1 fully saturated rings. The van der Waals surface area contributed by atoms with E-state index in [-0.39, 0.29) is 24.1 Å². The van der Waals surface area contributed by atoms with E-state index in [4.69, 9.17) is 16.3 Å². The maximum absolute atomic E-state index is 13.2. The number of aliphatic hydroxyl groups excluding tert-OH is 1. The van der Waals surface area contributed by atoms with Gasteiger partial charge in [-0.2, -0.15) is 13.2 Å². The first-order valence-electron chi connectivity index (χ1n) is 12.1. The Morgan fingerprint density at radius 3 is 2.71 bits per heavy atom. The lowest BCUT2D eigenvalue weighted by molar-refractivity contribution is -0.137. The first kappa shape index (κ1) is 26.4. The number of anilines is 1. The molecule has 200 valence electrons. The molecule has 2 aliphatic heterocycles. The van der Waals surface area contributed by atoms with Crippen LogP contribution in [0.4, 0.5) is 19.1 Å². The Labute approximate surface area is 221 Å². The molecule has 3 aromatic rings. The number of alkyl halides is 3. The highest BCUT2D eigenvalue weighted by Gasteiger charge is 2.33. The van der Waals surface area contributed by atoms with E-state index >= 15 is 0 Å². The number of benzene rings is 2. The number of halogens is 4. The summed E-state index contributed by atoms with van der Waals surface area (Å²) < 4.78 is 44.8. The fraction of sp³-hybridized carbons (Fsp3) is 0.346. The fourth-order valence-corrected chi connectivity index (χ4v) is 4.76. The van der Waals surface area contributed by atoms with E-state index in [2.05, 4.69) is 20.7 Å². The number of amides is 1. The van der Waals surface area contributed by atoms with Crippen LogP contribution < -0.4 is 10.7 Å². The summed E-state index contributed by atoms with van der Waals surface area (Å²) >= 11 is 6.40. The molecule has 8 nitrogen and oxygen atoms in total. The number of hydrogen-bond donors (Lipinski definition) is 3. The van der Waals surface area contributed by atoms with Crippen molar-refractivity contribution in [3.8, 4) is 11.3 Å². The molecule has 1 atom stereocenters. The molecule has 1 saturated heterocycles. The minimum atomic E-state index is -4.52. The van der Waals surface area contributed by atoms with E-state index in [1.54, 1.807) is 18.2 Å². The number of ether oxygens (including phenoxy) is 1. The molecule has 3 N–H and O–H groups in total. The summed E-state index contributed by atoms with van der Waals surface area (Å²) in [5, 5.41) is 14.8. The van der Waals surface area contributed by atoms with Crippen LogP contribution >= 0.6 is 11.6 Å². The van der Waals surface area contributed by atoms with E-state index < -0.39 is 24.4 Å². The molecule has 0 aliphatic carbocycles. The summed E-state index contributed by atoms with van der Waals surface area (Å²) in [5.74, 6) is 0.0521. The number of carbonyl (C=O) groups excluding carboxylic acids is 1. The summed E-state index contributed by atoms with van der Waals surface area (Å²) in [6, 6.07) is 9.21. The molecular weight excluding hydrogens is 523 g/mol. The van der Waals surface area contributed by atoms with Crippen LogP contribution in [0.25, 0.3) is 11.3 Å². The van der Waals surface area contributed by atoms with Crippen LogP contribution in [0.5, 0.6) is 0 Å². The Bertz CT molecular complexity index is 1330. The standard InChI is InChI=1S/C26H25ClF3N5O3/c27-21-12-31-25(32-19-6-8-38-9-7-19)33-23(21)16-4-5-17-13-35(24(37)20(17)11-16)34-22(14-36)15-2-1-3-18(10-15)26(28,29)30/h1-5,10-12,19,22,34,36H,6-9,13-14H2,(H,31,32,33)/t22-/m1/s1. The first-order valence-corrected chi connectivity index (χ1v) is 12.5. The molecule has 38 heavy (non-hydrogen) atoms. The van der Waals surface area contributed by atoms with Gasteiger partial charge in [0.15, 0.2) is 0 Å². The van der Waals surface area contributed by atoms with Crippen molar-refractivity contribution < 1.29 is 27.8 Å². The summed E-state index contributed by atoms with van der Waals surface area (Å²) in [4.78, 5) is 22.1. The van der Waals surface area contributed by atoms with Gasteiger partial charge in [0.1, 0.15) is 0 Å². The van der Waals surface area contributed by atoms with Gasteiger partial charge in [0, 0.05) is 30.4 Å². The Kier molecular flexibility index (Phi) is 7.53. The Hall–Kier alpha value is -3.25. The number of carbonyl (C=O) groups is 1. The number of rotatable bonds is 7. The molecular formula is C26H25ClF3N5O3. The zero-order valence-electron chi connectivity index (χ0n) is 20.1. The van der Waals surface area contributed by atoms with Crippen molar-refractivity contribution in [1.82, 2.24) is 20.4 Å². The molecule has 3 heterocycles. The quantitative estimate of drug-likeness (QED) is 0.397. The van der Waals surface area contributed by atoms with E-state index in [1.807, 2.05) is 0 Å². The van der Waals surface area contributed by atoms with Gasteiger partial charge in [-0.15, -0.1) is 0 Å². The Balaban J connectivity index is 1.34. The first-order chi connectivity index (χ1) is 18.2. The van der Waals surface area contributed by atoms with Crippen molar-refractivity contribution in [3.05, 3.63) is 75.9 Å². The maximum atomic E-state index is 13.2. The van der Waals surface area contributed by atoms with Crippen LogP contribution in [0.15, 0.2) is 48.7 Å². The van der Waals surface area contributed by atoms with Crippen molar-refractivity contribution in [2.75, 3.05) is 25.1 Å². The van der Waals surface area contributed by atoms with E-state index in [9.17, 15) is 23.1 Å². The smallest absolute Gasteiger partial charge is 0.394 e. The minimum Gasteiger partial charge on any atom is -0.394 e. The highest BCUT2D eigenvalue weighted by Crippen LogP contribution is 2.33. The van der Waals surface area contributed by atoms with Crippen LogP contribution in [0, 0.1) is 0 Å². The third-order valence-electron chi connectivity index (χ3n) is 6.60. The van der Waals surface area contributed by atoms with Gasteiger partial charge in [0.25, 0.3) is 5.91 Å². The number of aromatic nitrogens is 2. The SMILES string of the molecule is O=C1c2cc(-c3nc(NC4CCOCC4)ncc3Cl)ccc2CN1N[C@H](CO)c1cccc(C(F)(F)F)c1. The summed E-state index contributed by atoms with van der Waals surface area (Å²) in [5.41, 5.74) is 4.48. The van der Waals surface area contributed by atoms with Crippen molar-refractivity contribution in [3.63, 3.8) is 0 Å². The lowest BCUT2D eigenvalue weighted by Crippen LogP contribution is -2.42. The second-order valence-corrected chi connectivity index (χ2v) is 9.58. The van der Waals surface area contributed by atoms with Crippen LogP contribution in [-0.4, -0.2) is 51.9 Å². The topological polar surface area (TPSA) is 99.6 Å². The van der Waals surface area contributed by atoms with Crippen LogP contribution in [0.1, 0.15) is 45.9 Å². The number of aliphatic hydroxyl groups is 1. The summed E-state index contributed by atoms with van der Waals surface area (Å²) in [6.07, 6.45) is -1.33. The van der Waals surface area contributed by atoms with Crippen molar-refractivity contribution in [2.24, 2.45) is 0 Å². The van der Waals surface area contributed by atoms with E-state index in [0.717, 1.165) is 30.5 Å². The average Bonchev–Trinajstić information content (AvgIpc) is 3.23. The number of fused-ring (bicyclic) bond motifs is 1. The molecule has 2 aromatic carbocycles. The van der Waals surface area contributed by atoms with Crippen LogP contribution in [0.3, 0.4) is 0 Å². The maximum Gasteiger partial charge on any atom is 0.416 e. The zero-order valence-corrected chi connectivity index (χ0v) is 20.9. The molecule has 1 aromatic heterocycles. The second-order valence-electron chi connectivity index (χ2n) is 9.17. The summed E-state index contributed by atoms with van der Waals surface area (Å²) in [7, 11) is 0. The van der Waals surface area contributed by atoms with Gasteiger partial charge in [0.05, 0.1) is 41.7 Å². The van der Waals surface area contributed by atoms with E-state index in [1.165, 1.54) is 23.3 Å². The predicted molar refractivity (Wildman–Crippen MR) is 134 cm³/mol. The molecule has 0 radical (unpaired) electrons. The lowest BCUT2D eigenvalue weighted by atomic mass is 10.0. The molecule has 0 bridgehead atoms. The molecule has 2 aliphatic rings. The van der Waals surface area contributed by atoms with Gasteiger partial charge < -0.3 is 15.2 Å². The van der Waals surface area contributed by atoms with Gasteiger partial charge in [-0.05, 0) is 42.2 Å². The predicted octanol–water partition coefficient (Wildman–Crippen LogP) is 4.60. The molecule has 12 heteroatoms. The van der Waals surface area contributed by atoms with Gasteiger partial charge in [0.2, 0.25) is 5.95 Å². The van der Waals surface area contributed by atoms with E-state index in [0.29, 0.717) is 41.0 Å². The monoisotopic (exact) mass is 547 g/mol. The van der Waals surface area contributed by atoms with Crippen LogP contribution in [-0.2, 0) is 17.5 Å². The van der Waals surface area contributed by atoms with Crippen LogP contribution in [0.2, 0.25) is 5.02 Å². The average molecular weight is 548 g/mol. The van der Waals surface area contributed by atoms with Gasteiger partial charge in [-0.3, -0.25) is 9.80 Å². The highest BCUT2D eigenvalue weighted by atomic mass is 35.5.